The molecule has 0 N–H and O–H groups in total. The highest BCUT2D eigenvalue weighted by atomic mass is 16.5. The first-order valence-corrected chi connectivity index (χ1v) is 5.29. The second kappa shape index (κ2) is 11.4. The predicted molar refractivity (Wildman–Crippen MR) is 58.9 cm³/mol. The van der Waals surface area contributed by atoms with E-state index in [4.69, 9.17) is 4.74 Å². The van der Waals surface area contributed by atoms with Gasteiger partial charge in [0, 0.05) is 0 Å². The lowest BCUT2D eigenvalue weighted by atomic mass is 10.3. The second-order valence-corrected chi connectivity index (χ2v) is 2.95. The smallest absolute Gasteiger partial charge is 0.0500 e. The van der Waals surface area contributed by atoms with E-state index in [9.17, 15) is 0 Å². The maximum atomic E-state index is 5.42. The van der Waals surface area contributed by atoms with Gasteiger partial charge in [0.25, 0.3) is 0 Å². The van der Waals surface area contributed by atoms with Gasteiger partial charge in [0.2, 0.25) is 0 Å². The molecule has 0 bridgehead atoms. The van der Waals surface area contributed by atoms with Crippen LogP contribution in [0.3, 0.4) is 0 Å². The summed E-state index contributed by atoms with van der Waals surface area (Å²) in [7, 11) is 0. The van der Waals surface area contributed by atoms with E-state index in [0.717, 1.165) is 38.9 Å². The van der Waals surface area contributed by atoms with Crippen LogP contribution in [-0.4, -0.2) is 13.2 Å². The van der Waals surface area contributed by atoms with Crippen LogP contribution in [0.4, 0.5) is 0 Å². The van der Waals surface area contributed by atoms with Crippen molar-refractivity contribution in [1.82, 2.24) is 0 Å². The van der Waals surface area contributed by atoms with Crippen molar-refractivity contribution in [3.8, 4) is 0 Å². The van der Waals surface area contributed by atoms with Crippen molar-refractivity contribution in [2.24, 2.45) is 0 Å². The van der Waals surface area contributed by atoms with E-state index in [0.29, 0.717) is 0 Å². The van der Waals surface area contributed by atoms with E-state index in [1.807, 2.05) is 0 Å². The Labute approximate surface area is 82.5 Å². The summed E-state index contributed by atoms with van der Waals surface area (Å²) in [5, 5.41) is 0. The van der Waals surface area contributed by atoms with E-state index >= 15 is 0 Å². The number of ether oxygens (including phenoxy) is 1. The molecule has 0 aromatic rings. The van der Waals surface area contributed by atoms with Crippen LogP contribution in [0, 0.1) is 0 Å². The molecule has 0 amide bonds. The van der Waals surface area contributed by atoms with Gasteiger partial charge in [-0.15, -0.1) is 0 Å². The molecule has 0 radical (unpaired) electrons. The molecule has 1 heteroatoms. The molecule has 0 atom stereocenters. The maximum Gasteiger partial charge on any atom is 0.0500 e. The first-order valence-electron chi connectivity index (χ1n) is 5.29. The Bertz CT molecular complexity index is 120. The molecule has 0 saturated heterocycles. The van der Waals surface area contributed by atoms with E-state index in [1.165, 1.54) is 0 Å². The van der Waals surface area contributed by atoms with Crippen molar-refractivity contribution < 1.29 is 4.74 Å². The Morgan fingerprint density at radius 3 is 1.62 bits per heavy atom. The maximum absolute atomic E-state index is 5.42. The molecule has 0 aliphatic carbocycles. The van der Waals surface area contributed by atoms with Crippen LogP contribution in [0.5, 0.6) is 0 Å². The highest BCUT2D eigenvalue weighted by Gasteiger charge is 1.83. The van der Waals surface area contributed by atoms with Gasteiger partial charge in [-0.25, -0.2) is 0 Å². The fraction of sp³-hybridized carbons (Fsp3) is 0.667. The van der Waals surface area contributed by atoms with Gasteiger partial charge in [-0.1, -0.05) is 38.2 Å². The molecule has 13 heavy (non-hydrogen) atoms. The Kier molecular flexibility index (Phi) is 10.9. The fourth-order valence-electron chi connectivity index (χ4n) is 0.974. The van der Waals surface area contributed by atoms with E-state index in [1.54, 1.807) is 0 Å². The molecular weight excluding hydrogens is 160 g/mol. The quantitative estimate of drug-likeness (QED) is 0.410. The van der Waals surface area contributed by atoms with Crippen LogP contribution in [-0.2, 0) is 4.74 Å². The largest absolute Gasteiger partial charge is 0.381 e. The van der Waals surface area contributed by atoms with Crippen LogP contribution >= 0.6 is 0 Å². The molecular formula is C12H22O. The lowest BCUT2D eigenvalue weighted by Gasteiger charge is -1.98. The molecule has 0 saturated carbocycles. The molecule has 1 nitrogen and oxygen atoms in total. The summed E-state index contributed by atoms with van der Waals surface area (Å²) >= 11 is 0. The molecule has 76 valence electrons. The third-order valence-electron chi connectivity index (χ3n) is 1.66. The summed E-state index contributed by atoms with van der Waals surface area (Å²) in [4.78, 5) is 0. The summed E-state index contributed by atoms with van der Waals surface area (Å²) < 4.78 is 5.42. The molecule has 0 aromatic carbocycles. The van der Waals surface area contributed by atoms with Crippen molar-refractivity contribution in [2.45, 2.75) is 39.5 Å². The first-order chi connectivity index (χ1) is 6.41. The number of hydrogen-bond donors (Lipinski definition) is 0. The second-order valence-electron chi connectivity index (χ2n) is 2.95. The summed E-state index contributed by atoms with van der Waals surface area (Å²) in [5.74, 6) is 0. The van der Waals surface area contributed by atoms with Crippen molar-refractivity contribution >= 4 is 0 Å². The topological polar surface area (TPSA) is 9.23 Å². The van der Waals surface area contributed by atoms with Gasteiger partial charge >= 0.3 is 0 Å². The molecule has 0 aliphatic heterocycles. The zero-order valence-corrected chi connectivity index (χ0v) is 8.96. The van der Waals surface area contributed by atoms with Gasteiger partial charge in [-0.2, -0.15) is 0 Å². The zero-order chi connectivity index (χ0) is 9.78. The standard InChI is InChI=1S/C12H22O/c1-3-5-7-9-11-13-12-10-8-6-4-2/h5-8H,3-4,9-12H2,1-2H3/b7-5-,8-6?. The van der Waals surface area contributed by atoms with Crippen LogP contribution < -0.4 is 0 Å². The van der Waals surface area contributed by atoms with E-state index in [2.05, 4.69) is 38.2 Å². The molecule has 0 heterocycles. The van der Waals surface area contributed by atoms with E-state index < -0.39 is 0 Å². The number of hydrogen-bond acceptors (Lipinski definition) is 1. The van der Waals surface area contributed by atoms with Crippen molar-refractivity contribution in [3.63, 3.8) is 0 Å². The minimum atomic E-state index is 0.858. The van der Waals surface area contributed by atoms with Crippen molar-refractivity contribution in [3.05, 3.63) is 24.3 Å². The monoisotopic (exact) mass is 182 g/mol. The Morgan fingerprint density at radius 1 is 0.769 bits per heavy atom. The first kappa shape index (κ1) is 12.4. The minimum Gasteiger partial charge on any atom is -0.381 e. The van der Waals surface area contributed by atoms with Crippen LogP contribution in [0.2, 0.25) is 0 Å². The van der Waals surface area contributed by atoms with Crippen molar-refractivity contribution in [1.29, 1.82) is 0 Å². The lowest BCUT2D eigenvalue weighted by Crippen LogP contribution is -1.94. The van der Waals surface area contributed by atoms with Crippen LogP contribution in [0.25, 0.3) is 0 Å². The predicted octanol–water partition coefficient (Wildman–Crippen LogP) is 3.72. The third kappa shape index (κ3) is 11.4. The normalized spacial score (nSPS) is 11.8. The van der Waals surface area contributed by atoms with Gasteiger partial charge < -0.3 is 4.74 Å². The fourth-order valence-corrected chi connectivity index (χ4v) is 0.974. The Balaban J connectivity index is 2.99. The van der Waals surface area contributed by atoms with Crippen LogP contribution in [0.15, 0.2) is 24.3 Å². The zero-order valence-electron chi connectivity index (χ0n) is 8.96. The Morgan fingerprint density at radius 2 is 1.23 bits per heavy atom. The number of allylic oxidation sites excluding steroid dienone is 2. The van der Waals surface area contributed by atoms with Gasteiger partial charge in [0.15, 0.2) is 0 Å². The lowest BCUT2D eigenvalue weighted by molar-refractivity contribution is 0.143. The summed E-state index contributed by atoms with van der Waals surface area (Å²) in [6, 6.07) is 0. The van der Waals surface area contributed by atoms with Crippen molar-refractivity contribution in [2.75, 3.05) is 13.2 Å². The number of rotatable bonds is 8. The van der Waals surface area contributed by atoms with E-state index in [-0.39, 0.29) is 0 Å². The van der Waals surface area contributed by atoms with Crippen LogP contribution in [0.1, 0.15) is 39.5 Å². The summed E-state index contributed by atoms with van der Waals surface area (Å²) in [5.41, 5.74) is 0. The van der Waals surface area contributed by atoms with Gasteiger partial charge in [-0.05, 0) is 25.7 Å². The average molecular weight is 182 g/mol. The van der Waals surface area contributed by atoms with Gasteiger partial charge in [0.1, 0.15) is 0 Å². The molecule has 0 unspecified atom stereocenters. The molecule has 0 rings (SSSR count). The highest BCUT2D eigenvalue weighted by molar-refractivity contribution is 4.80. The average Bonchev–Trinajstić information content (AvgIpc) is 2.16. The van der Waals surface area contributed by atoms with Gasteiger partial charge in [0.05, 0.1) is 13.2 Å². The SMILES string of the molecule is CCC=CCCOCC/C=C\CC. The highest BCUT2D eigenvalue weighted by Crippen LogP contribution is 1.91. The molecule has 0 spiro atoms. The van der Waals surface area contributed by atoms with Gasteiger partial charge in [-0.3, -0.25) is 0 Å². The summed E-state index contributed by atoms with van der Waals surface area (Å²) in [6.45, 7) is 6.01. The summed E-state index contributed by atoms with van der Waals surface area (Å²) in [6.07, 6.45) is 13.1. The third-order valence-corrected chi connectivity index (χ3v) is 1.66. The molecule has 0 aromatic heterocycles. The molecule has 0 aliphatic rings. The minimum absolute atomic E-state index is 0.858. The Hall–Kier alpha value is -0.560. The molecule has 0 fully saturated rings.